The molecular formula is C14H15NO4. The molecule has 0 spiro atoms. The molecule has 0 atom stereocenters. The van der Waals surface area contributed by atoms with Crippen molar-refractivity contribution in [2.45, 2.75) is 13.8 Å². The smallest absolute Gasteiger partial charge is 0.357 e. The minimum atomic E-state index is -0.534. The highest BCUT2D eigenvalue weighted by molar-refractivity contribution is 5.96. The summed E-state index contributed by atoms with van der Waals surface area (Å²) in [4.78, 5) is 15.9. The summed E-state index contributed by atoms with van der Waals surface area (Å²) in [5, 5.41) is 10.5. The number of pyridine rings is 1. The van der Waals surface area contributed by atoms with E-state index >= 15 is 0 Å². The van der Waals surface area contributed by atoms with Gasteiger partial charge in [-0.3, -0.25) is 0 Å². The zero-order chi connectivity index (χ0) is 13.8. The van der Waals surface area contributed by atoms with Gasteiger partial charge in [-0.2, -0.15) is 0 Å². The van der Waals surface area contributed by atoms with Gasteiger partial charge in [0.15, 0.2) is 5.69 Å². The number of aromatic nitrogens is 1. The van der Waals surface area contributed by atoms with Crippen LogP contribution in [0.4, 0.5) is 0 Å². The number of benzene rings is 1. The van der Waals surface area contributed by atoms with Crippen molar-refractivity contribution in [2.75, 3.05) is 13.2 Å². The number of fused-ring (bicyclic) bond motifs is 1. The van der Waals surface area contributed by atoms with Gasteiger partial charge in [-0.25, -0.2) is 9.78 Å². The molecular weight excluding hydrogens is 246 g/mol. The minimum Gasteiger partial charge on any atom is -0.506 e. The molecule has 100 valence electrons. The Kier molecular flexibility index (Phi) is 3.85. The SMILES string of the molecule is CCOC(=O)c1cc(OCC)c2cccc(O)c2n1. The summed E-state index contributed by atoms with van der Waals surface area (Å²) in [5.41, 5.74) is 0.454. The first kappa shape index (κ1) is 13.1. The third-order valence-electron chi connectivity index (χ3n) is 2.56. The Morgan fingerprint density at radius 2 is 2.11 bits per heavy atom. The number of carbonyl (C=O) groups excluding carboxylic acids is 1. The molecule has 0 aliphatic heterocycles. The lowest BCUT2D eigenvalue weighted by atomic mass is 10.1. The van der Waals surface area contributed by atoms with Crippen LogP contribution >= 0.6 is 0 Å². The Hall–Kier alpha value is -2.30. The molecule has 2 aromatic rings. The molecule has 0 amide bonds. The van der Waals surface area contributed by atoms with Crippen LogP contribution in [0.25, 0.3) is 10.9 Å². The number of phenols is 1. The van der Waals surface area contributed by atoms with Crippen LogP contribution in [0.5, 0.6) is 11.5 Å². The molecule has 5 heteroatoms. The average Bonchev–Trinajstić information content (AvgIpc) is 2.40. The number of esters is 1. The molecule has 2 rings (SSSR count). The Morgan fingerprint density at radius 1 is 1.32 bits per heavy atom. The van der Waals surface area contributed by atoms with Crippen LogP contribution in [0.3, 0.4) is 0 Å². The lowest BCUT2D eigenvalue weighted by Gasteiger charge is -2.10. The van der Waals surface area contributed by atoms with Crippen LogP contribution in [0.2, 0.25) is 0 Å². The van der Waals surface area contributed by atoms with E-state index in [1.807, 2.05) is 6.92 Å². The Labute approximate surface area is 110 Å². The summed E-state index contributed by atoms with van der Waals surface area (Å²) in [5.74, 6) is -0.0235. The minimum absolute atomic E-state index is 0.00426. The van der Waals surface area contributed by atoms with E-state index in [-0.39, 0.29) is 18.1 Å². The van der Waals surface area contributed by atoms with Gasteiger partial charge < -0.3 is 14.6 Å². The van der Waals surface area contributed by atoms with E-state index in [0.29, 0.717) is 23.3 Å². The third kappa shape index (κ3) is 2.59. The first-order valence-corrected chi connectivity index (χ1v) is 6.10. The summed E-state index contributed by atoms with van der Waals surface area (Å²) in [6.07, 6.45) is 0. The molecule has 19 heavy (non-hydrogen) atoms. The van der Waals surface area contributed by atoms with E-state index in [2.05, 4.69) is 4.98 Å². The van der Waals surface area contributed by atoms with Gasteiger partial charge in [-0.1, -0.05) is 6.07 Å². The molecule has 5 nitrogen and oxygen atoms in total. The molecule has 1 aromatic heterocycles. The highest BCUT2D eigenvalue weighted by Gasteiger charge is 2.15. The summed E-state index contributed by atoms with van der Waals surface area (Å²) >= 11 is 0. The fourth-order valence-corrected chi connectivity index (χ4v) is 1.79. The van der Waals surface area contributed by atoms with Crippen molar-refractivity contribution in [1.29, 1.82) is 0 Å². The van der Waals surface area contributed by atoms with Crippen molar-refractivity contribution in [2.24, 2.45) is 0 Å². The highest BCUT2D eigenvalue weighted by Crippen LogP contribution is 2.31. The van der Waals surface area contributed by atoms with Crippen molar-refractivity contribution in [1.82, 2.24) is 4.98 Å². The fraction of sp³-hybridized carbons (Fsp3) is 0.286. The van der Waals surface area contributed by atoms with E-state index < -0.39 is 5.97 Å². The first-order valence-electron chi connectivity index (χ1n) is 6.10. The number of ether oxygens (including phenoxy) is 2. The van der Waals surface area contributed by atoms with Gasteiger partial charge >= 0.3 is 5.97 Å². The zero-order valence-electron chi connectivity index (χ0n) is 10.8. The molecule has 0 radical (unpaired) electrons. The average molecular weight is 261 g/mol. The monoisotopic (exact) mass is 261 g/mol. The third-order valence-corrected chi connectivity index (χ3v) is 2.56. The zero-order valence-corrected chi connectivity index (χ0v) is 10.8. The molecule has 1 aromatic carbocycles. The van der Waals surface area contributed by atoms with Gasteiger partial charge in [0, 0.05) is 11.5 Å². The van der Waals surface area contributed by atoms with Crippen molar-refractivity contribution in [3.05, 3.63) is 30.0 Å². The van der Waals surface area contributed by atoms with E-state index in [4.69, 9.17) is 9.47 Å². The summed E-state index contributed by atoms with van der Waals surface area (Å²) in [6, 6.07) is 6.52. The Bertz CT molecular complexity index is 610. The van der Waals surface area contributed by atoms with E-state index in [0.717, 1.165) is 0 Å². The van der Waals surface area contributed by atoms with Gasteiger partial charge in [-0.05, 0) is 26.0 Å². The van der Waals surface area contributed by atoms with Gasteiger partial charge in [0.05, 0.1) is 13.2 Å². The van der Waals surface area contributed by atoms with Crippen molar-refractivity contribution < 1.29 is 19.4 Å². The van der Waals surface area contributed by atoms with E-state index in [9.17, 15) is 9.90 Å². The van der Waals surface area contributed by atoms with Crippen LogP contribution < -0.4 is 4.74 Å². The molecule has 1 heterocycles. The van der Waals surface area contributed by atoms with Crippen LogP contribution in [0.1, 0.15) is 24.3 Å². The molecule has 0 saturated heterocycles. The van der Waals surface area contributed by atoms with Crippen molar-refractivity contribution >= 4 is 16.9 Å². The maximum Gasteiger partial charge on any atom is 0.357 e. The molecule has 0 aliphatic rings. The van der Waals surface area contributed by atoms with Gasteiger partial charge in [0.1, 0.15) is 17.0 Å². The summed E-state index contributed by atoms with van der Waals surface area (Å²) in [6.45, 7) is 4.29. The molecule has 0 unspecified atom stereocenters. The maximum absolute atomic E-state index is 11.7. The Balaban J connectivity index is 2.62. The normalized spacial score (nSPS) is 10.4. The van der Waals surface area contributed by atoms with Gasteiger partial charge in [0.25, 0.3) is 0 Å². The predicted octanol–water partition coefficient (Wildman–Crippen LogP) is 2.52. The van der Waals surface area contributed by atoms with Crippen LogP contribution in [-0.2, 0) is 4.74 Å². The van der Waals surface area contributed by atoms with Gasteiger partial charge in [0.2, 0.25) is 0 Å². The lowest BCUT2D eigenvalue weighted by molar-refractivity contribution is 0.0519. The fourth-order valence-electron chi connectivity index (χ4n) is 1.79. The number of hydrogen-bond acceptors (Lipinski definition) is 5. The number of para-hydroxylation sites is 1. The van der Waals surface area contributed by atoms with Crippen LogP contribution in [0.15, 0.2) is 24.3 Å². The molecule has 0 fully saturated rings. The molecule has 1 N–H and O–H groups in total. The van der Waals surface area contributed by atoms with Crippen LogP contribution in [0, 0.1) is 0 Å². The number of nitrogens with zero attached hydrogens (tertiary/aromatic N) is 1. The molecule has 0 saturated carbocycles. The largest absolute Gasteiger partial charge is 0.506 e. The predicted molar refractivity (Wildman–Crippen MR) is 70.5 cm³/mol. The van der Waals surface area contributed by atoms with E-state index in [1.165, 1.54) is 12.1 Å². The van der Waals surface area contributed by atoms with Gasteiger partial charge in [-0.15, -0.1) is 0 Å². The molecule has 0 bridgehead atoms. The van der Waals surface area contributed by atoms with Crippen molar-refractivity contribution in [3.63, 3.8) is 0 Å². The lowest BCUT2D eigenvalue weighted by Crippen LogP contribution is -2.08. The summed E-state index contributed by atoms with van der Waals surface area (Å²) < 4.78 is 10.4. The topological polar surface area (TPSA) is 68.7 Å². The maximum atomic E-state index is 11.7. The number of carbonyl (C=O) groups is 1. The molecule has 0 aliphatic carbocycles. The van der Waals surface area contributed by atoms with Crippen molar-refractivity contribution in [3.8, 4) is 11.5 Å². The second-order valence-corrected chi connectivity index (χ2v) is 3.83. The first-order chi connectivity index (χ1) is 9.17. The second-order valence-electron chi connectivity index (χ2n) is 3.83. The number of aromatic hydroxyl groups is 1. The standard InChI is InChI=1S/C14H15NO4/c1-3-18-12-8-10(14(17)19-4-2)15-13-9(12)6-5-7-11(13)16/h5-8,16H,3-4H2,1-2H3. The number of rotatable bonds is 4. The van der Waals surface area contributed by atoms with Crippen LogP contribution in [-0.4, -0.2) is 29.3 Å². The number of hydrogen-bond donors (Lipinski definition) is 1. The highest BCUT2D eigenvalue weighted by atomic mass is 16.5. The number of phenolic OH excluding ortho intramolecular Hbond substituents is 1. The second kappa shape index (κ2) is 5.56. The Morgan fingerprint density at radius 3 is 2.79 bits per heavy atom. The summed E-state index contributed by atoms with van der Waals surface area (Å²) in [7, 11) is 0. The quantitative estimate of drug-likeness (QED) is 0.856. The van der Waals surface area contributed by atoms with E-state index in [1.54, 1.807) is 19.1 Å².